The number of urea groups is 2. The van der Waals surface area contributed by atoms with Crippen molar-refractivity contribution in [2.45, 2.75) is 81.3 Å². The van der Waals surface area contributed by atoms with E-state index in [1.807, 2.05) is 10.3 Å². The monoisotopic (exact) mass is 780 g/mol. The molecule has 5 aliphatic heterocycles. The third kappa shape index (κ3) is 7.17. The maximum atomic E-state index is 14.1. The number of nitrogens with one attached hydrogen (secondary N) is 2. The highest BCUT2D eigenvalue weighted by Crippen LogP contribution is 2.39. The van der Waals surface area contributed by atoms with Gasteiger partial charge in [0.2, 0.25) is 5.91 Å². The van der Waals surface area contributed by atoms with Crippen LogP contribution in [0, 0.1) is 0 Å². The second-order valence-electron chi connectivity index (χ2n) is 14.4. The minimum Gasteiger partial charge on any atom is -0.397 e. The van der Waals surface area contributed by atoms with Crippen molar-refractivity contribution in [2.75, 3.05) is 63.9 Å². The van der Waals surface area contributed by atoms with Gasteiger partial charge in [-0.25, -0.2) is 9.59 Å². The molecule has 4 saturated heterocycles. The van der Waals surface area contributed by atoms with Crippen LogP contribution in [-0.2, 0) is 23.8 Å². The minimum absolute atomic E-state index is 0.0374. The zero-order valence-corrected chi connectivity index (χ0v) is 30.5. The summed E-state index contributed by atoms with van der Waals surface area (Å²) in [4.78, 5) is 51.1. The first-order valence-electron chi connectivity index (χ1n) is 17.4. The Labute approximate surface area is 302 Å². The number of hydrogen-bond donors (Lipinski definition) is 3. The van der Waals surface area contributed by atoms with Gasteiger partial charge in [-0.3, -0.25) is 9.69 Å². The number of piperazine rings is 1. The van der Waals surface area contributed by atoms with Crippen LogP contribution in [0.25, 0.3) is 0 Å². The summed E-state index contributed by atoms with van der Waals surface area (Å²) >= 11 is 4.72. The topological polar surface area (TPSA) is 117 Å². The highest BCUT2D eigenvalue weighted by molar-refractivity contribution is 9.10. The molecule has 5 aliphatic rings. The number of benzene rings is 1. The molecule has 0 aliphatic carbocycles. The number of carbonyl (C=O) groups is 3. The molecule has 3 atom stereocenters. The van der Waals surface area contributed by atoms with Crippen molar-refractivity contribution in [2.24, 2.45) is 0 Å². The highest BCUT2D eigenvalue weighted by atomic mass is 79.9. The van der Waals surface area contributed by atoms with Crippen LogP contribution in [0.5, 0.6) is 0 Å². The summed E-state index contributed by atoms with van der Waals surface area (Å²) in [6.07, 6.45) is -0.0832. The molecule has 5 amide bonds. The quantitative estimate of drug-likeness (QED) is 0.368. The van der Waals surface area contributed by atoms with Crippen LogP contribution in [0.2, 0.25) is 0 Å². The molecule has 50 heavy (non-hydrogen) atoms. The summed E-state index contributed by atoms with van der Waals surface area (Å²) in [6.45, 7) is 4.50. The maximum absolute atomic E-state index is 14.1. The predicted molar refractivity (Wildman–Crippen MR) is 189 cm³/mol. The molecule has 2 aromatic rings. The van der Waals surface area contributed by atoms with E-state index in [0.29, 0.717) is 63.7 Å². The number of carbonyl (C=O) groups excluding carboxylic acids is 3. The van der Waals surface area contributed by atoms with Gasteiger partial charge in [0.05, 0.1) is 16.9 Å². The van der Waals surface area contributed by atoms with E-state index in [-0.39, 0.29) is 34.4 Å². The molecular weight excluding hydrogens is 737 g/mol. The first-order chi connectivity index (χ1) is 23.9. The van der Waals surface area contributed by atoms with Gasteiger partial charge in [0.15, 0.2) is 0 Å². The summed E-state index contributed by atoms with van der Waals surface area (Å²) in [5.41, 5.74) is 6.57. The number of likely N-dealkylation sites (N-methyl/N-ethyl adjacent to an activating group) is 1. The van der Waals surface area contributed by atoms with E-state index in [4.69, 9.17) is 5.73 Å². The second kappa shape index (κ2) is 14.2. The largest absolute Gasteiger partial charge is 0.418 e. The van der Waals surface area contributed by atoms with Crippen molar-refractivity contribution in [3.63, 3.8) is 0 Å². The molecular formula is C34H44BrF3N8O3S. The standard InChI is InChI=1S/C34H44BrF3N8O3S/c1-42-16-25-15-24(42)17-46(25)23-3-7-43(8-4-23)31(47)28(14-20-12-26(34(36,37)38)30(39)27(35)13-20)40-32(48)44-9-5-22(6-10-44)45-11-2-21-18-50-19-29(21)41-33(45)49/h12-13,18-19,22-25,28H,2-11,14-17,39H2,1H3,(H,40,48)(H,41,49)/t24?,25?,28-/m1/s1. The van der Waals surface area contributed by atoms with Gasteiger partial charge in [-0.2, -0.15) is 13.2 Å². The number of amides is 5. The molecule has 0 spiro atoms. The summed E-state index contributed by atoms with van der Waals surface area (Å²) in [7, 11) is 2.17. The van der Waals surface area contributed by atoms with E-state index in [1.54, 1.807) is 21.1 Å². The summed E-state index contributed by atoms with van der Waals surface area (Å²) in [5.74, 6) is -0.301. The number of nitrogens with zero attached hydrogens (tertiary/aromatic N) is 5. The molecule has 11 nitrogen and oxygen atoms in total. The number of hydrogen-bond acceptors (Lipinski definition) is 7. The van der Waals surface area contributed by atoms with Crippen molar-refractivity contribution in [3.05, 3.63) is 44.1 Å². The lowest BCUT2D eigenvalue weighted by atomic mass is 9.98. The van der Waals surface area contributed by atoms with Gasteiger partial charge >= 0.3 is 18.2 Å². The third-order valence-corrected chi connectivity index (χ3v) is 12.8. The molecule has 0 saturated carbocycles. The third-order valence-electron chi connectivity index (χ3n) is 11.4. The van der Waals surface area contributed by atoms with Crippen molar-refractivity contribution in [3.8, 4) is 0 Å². The molecule has 16 heteroatoms. The number of halogens is 4. The molecule has 0 radical (unpaired) electrons. The fourth-order valence-corrected chi connectivity index (χ4v) is 9.90. The second-order valence-corrected chi connectivity index (χ2v) is 16.0. The molecule has 4 N–H and O–H groups in total. The van der Waals surface area contributed by atoms with E-state index in [1.165, 1.54) is 12.5 Å². The molecule has 6 heterocycles. The van der Waals surface area contributed by atoms with Gasteiger partial charge in [0.25, 0.3) is 0 Å². The van der Waals surface area contributed by atoms with Crippen molar-refractivity contribution >= 4 is 56.6 Å². The van der Waals surface area contributed by atoms with Crippen LogP contribution in [-0.4, -0.2) is 126 Å². The minimum atomic E-state index is -4.68. The number of anilines is 2. The van der Waals surface area contributed by atoms with Gasteiger partial charge < -0.3 is 36.0 Å². The number of rotatable bonds is 6. The lowest BCUT2D eigenvalue weighted by molar-refractivity contribution is -0.137. The van der Waals surface area contributed by atoms with E-state index in [0.717, 1.165) is 49.7 Å². The number of thiophene rings is 1. The molecule has 272 valence electrons. The number of alkyl halides is 3. The van der Waals surface area contributed by atoms with E-state index in [9.17, 15) is 27.6 Å². The van der Waals surface area contributed by atoms with Crippen LogP contribution in [0.4, 0.5) is 34.1 Å². The van der Waals surface area contributed by atoms with Gasteiger partial charge in [-0.1, -0.05) is 0 Å². The van der Waals surface area contributed by atoms with Gasteiger partial charge in [-0.15, -0.1) is 11.3 Å². The lowest BCUT2D eigenvalue weighted by Gasteiger charge is -2.42. The Balaban J connectivity index is 1.02. The summed E-state index contributed by atoms with van der Waals surface area (Å²) in [6, 6.07) is 2.28. The Bertz CT molecular complexity index is 1610. The number of nitrogen functional groups attached to an aromatic ring is 1. The molecule has 1 aromatic carbocycles. The molecule has 2 bridgehead atoms. The van der Waals surface area contributed by atoms with Crippen LogP contribution >= 0.6 is 27.3 Å². The number of fused-ring (bicyclic) bond motifs is 3. The Morgan fingerprint density at radius 2 is 1.70 bits per heavy atom. The first kappa shape index (κ1) is 35.3. The average Bonchev–Trinajstić information content (AvgIpc) is 3.79. The average molecular weight is 782 g/mol. The van der Waals surface area contributed by atoms with Crippen molar-refractivity contribution < 1.29 is 27.6 Å². The van der Waals surface area contributed by atoms with Crippen LogP contribution in [0.15, 0.2) is 27.4 Å². The SMILES string of the molecule is CN1CC2CC1CN2C1CCN(C(=O)[C@@H](Cc2cc(Br)c(N)c(C(F)(F)F)c2)NC(=O)N2CCC(N3CCc4cscc4NC3=O)CC2)CC1. The van der Waals surface area contributed by atoms with Gasteiger partial charge in [0.1, 0.15) is 6.04 Å². The van der Waals surface area contributed by atoms with Crippen LogP contribution in [0.3, 0.4) is 0 Å². The fourth-order valence-electron chi connectivity index (χ4n) is 8.57. The number of likely N-dealkylation sites (tertiary alicyclic amines) is 4. The zero-order chi connectivity index (χ0) is 35.3. The van der Waals surface area contributed by atoms with E-state index in [2.05, 4.69) is 48.8 Å². The van der Waals surface area contributed by atoms with Crippen molar-refractivity contribution in [1.29, 1.82) is 0 Å². The van der Waals surface area contributed by atoms with Crippen LogP contribution in [0.1, 0.15) is 48.8 Å². The normalized spacial score (nSPS) is 24.7. The molecule has 2 unspecified atom stereocenters. The fraction of sp³-hybridized carbons (Fsp3) is 0.618. The lowest BCUT2D eigenvalue weighted by Crippen LogP contribution is -2.58. The maximum Gasteiger partial charge on any atom is 0.418 e. The Morgan fingerprint density at radius 3 is 2.36 bits per heavy atom. The highest BCUT2D eigenvalue weighted by Gasteiger charge is 2.45. The van der Waals surface area contributed by atoms with E-state index < -0.39 is 29.5 Å². The molecule has 1 aromatic heterocycles. The first-order valence-corrected chi connectivity index (χ1v) is 19.2. The van der Waals surface area contributed by atoms with Gasteiger partial charge in [-0.05, 0) is 90.1 Å². The molecule has 7 rings (SSSR count). The smallest absolute Gasteiger partial charge is 0.397 e. The Hall–Kier alpha value is -3.08. The van der Waals surface area contributed by atoms with Crippen molar-refractivity contribution in [1.82, 2.24) is 29.8 Å². The summed E-state index contributed by atoms with van der Waals surface area (Å²) < 4.78 is 41.7. The van der Waals surface area contributed by atoms with Gasteiger partial charge in [0, 0.05) is 86.3 Å². The Kier molecular flexibility index (Phi) is 10.00. The number of piperidine rings is 2. The van der Waals surface area contributed by atoms with E-state index >= 15 is 0 Å². The zero-order valence-electron chi connectivity index (χ0n) is 28.1. The molecule has 4 fully saturated rings. The predicted octanol–water partition coefficient (Wildman–Crippen LogP) is 4.67. The number of nitrogens with two attached hydrogens (primary N) is 1. The van der Waals surface area contributed by atoms with Crippen LogP contribution < -0.4 is 16.4 Å². The Morgan fingerprint density at radius 1 is 1.00 bits per heavy atom. The summed E-state index contributed by atoms with van der Waals surface area (Å²) in [5, 5.41) is 9.89.